The highest BCUT2D eigenvalue weighted by Gasteiger charge is 2.12. The standard InChI is InChI=1S/C12H9N5O2S/c1-20(18,19)17-10-2-3-15-12-11(10)9(7-16-12)4-8(5-13)6-14/h2-4,7H,1H3,(H2,15,16,17). The van der Waals surface area contributed by atoms with Crippen molar-refractivity contribution in [2.45, 2.75) is 0 Å². The molecular formula is C12H9N5O2S. The summed E-state index contributed by atoms with van der Waals surface area (Å²) in [5.41, 5.74) is 1.22. The molecule has 0 radical (unpaired) electrons. The van der Waals surface area contributed by atoms with Crippen molar-refractivity contribution in [2.75, 3.05) is 11.0 Å². The van der Waals surface area contributed by atoms with Crippen LogP contribution < -0.4 is 4.72 Å². The predicted octanol–water partition coefficient (Wildman–Crippen LogP) is 1.36. The maximum Gasteiger partial charge on any atom is 0.229 e. The Labute approximate surface area is 115 Å². The number of allylic oxidation sites excluding steroid dienone is 1. The third-order valence-corrected chi connectivity index (χ3v) is 3.03. The maximum absolute atomic E-state index is 11.4. The molecule has 0 atom stereocenters. The summed E-state index contributed by atoms with van der Waals surface area (Å²) in [4.78, 5) is 6.92. The number of pyridine rings is 1. The Kier molecular flexibility index (Phi) is 3.42. The first-order valence-electron chi connectivity index (χ1n) is 5.40. The summed E-state index contributed by atoms with van der Waals surface area (Å²) in [6.07, 6.45) is 5.42. The Bertz CT molecular complexity index is 865. The summed E-state index contributed by atoms with van der Waals surface area (Å²) in [5.74, 6) is 0. The minimum Gasteiger partial charge on any atom is -0.345 e. The number of hydrogen-bond acceptors (Lipinski definition) is 5. The molecule has 0 spiro atoms. The zero-order valence-corrected chi connectivity index (χ0v) is 11.2. The van der Waals surface area contributed by atoms with Gasteiger partial charge in [-0.25, -0.2) is 13.4 Å². The Morgan fingerprint density at radius 2 is 2.15 bits per heavy atom. The van der Waals surface area contributed by atoms with Crippen LogP contribution in [0.5, 0.6) is 0 Å². The molecule has 0 unspecified atom stereocenters. The van der Waals surface area contributed by atoms with Gasteiger partial charge in [0, 0.05) is 18.0 Å². The van der Waals surface area contributed by atoms with Crippen LogP contribution >= 0.6 is 0 Å². The largest absolute Gasteiger partial charge is 0.345 e. The number of hydrogen-bond donors (Lipinski definition) is 2. The lowest BCUT2D eigenvalue weighted by Gasteiger charge is -2.05. The number of anilines is 1. The van der Waals surface area contributed by atoms with Crippen LogP contribution in [-0.4, -0.2) is 24.6 Å². The molecule has 0 fully saturated rings. The van der Waals surface area contributed by atoms with Gasteiger partial charge in [0.05, 0.1) is 17.3 Å². The van der Waals surface area contributed by atoms with Gasteiger partial charge >= 0.3 is 0 Å². The van der Waals surface area contributed by atoms with E-state index in [1.165, 1.54) is 18.3 Å². The van der Waals surface area contributed by atoms with Gasteiger partial charge in [-0.1, -0.05) is 0 Å². The lowest BCUT2D eigenvalue weighted by atomic mass is 10.1. The zero-order valence-electron chi connectivity index (χ0n) is 10.4. The fourth-order valence-corrected chi connectivity index (χ4v) is 2.29. The summed E-state index contributed by atoms with van der Waals surface area (Å²) < 4.78 is 25.1. The first-order valence-corrected chi connectivity index (χ1v) is 7.29. The second kappa shape index (κ2) is 5.03. The minimum atomic E-state index is -3.45. The van der Waals surface area contributed by atoms with E-state index in [2.05, 4.69) is 14.7 Å². The topological polar surface area (TPSA) is 122 Å². The molecule has 0 aliphatic rings. The molecule has 0 saturated carbocycles. The summed E-state index contributed by atoms with van der Waals surface area (Å²) in [7, 11) is -3.45. The van der Waals surface area contributed by atoms with Crippen molar-refractivity contribution in [3.05, 3.63) is 29.6 Å². The quantitative estimate of drug-likeness (QED) is 0.825. The van der Waals surface area contributed by atoms with Gasteiger partial charge in [-0.3, -0.25) is 4.72 Å². The van der Waals surface area contributed by atoms with Crippen molar-refractivity contribution in [3.63, 3.8) is 0 Å². The lowest BCUT2D eigenvalue weighted by molar-refractivity contribution is 0.607. The van der Waals surface area contributed by atoms with E-state index in [1.54, 1.807) is 18.3 Å². The van der Waals surface area contributed by atoms with E-state index in [9.17, 15) is 8.42 Å². The molecule has 2 rings (SSSR count). The summed E-state index contributed by atoms with van der Waals surface area (Å²) in [6.45, 7) is 0. The van der Waals surface area contributed by atoms with Gasteiger partial charge in [-0.2, -0.15) is 10.5 Å². The number of nitrogens with zero attached hydrogens (tertiary/aromatic N) is 3. The molecule has 8 heteroatoms. The molecular weight excluding hydrogens is 278 g/mol. The number of aromatic amines is 1. The van der Waals surface area contributed by atoms with E-state index in [4.69, 9.17) is 10.5 Å². The molecule has 100 valence electrons. The number of rotatable bonds is 3. The smallest absolute Gasteiger partial charge is 0.229 e. The van der Waals surface area contributed by atoms with Gasteiger partial charge < -0.3 is 4.98 Å². The van der Waals surface area contributed by atoms with Gasteiger partial charge in [-0.15, -0.1) is 0 Å². The molecule has 2 N–H and O–H groups in total. The van der Waals surface area contributed by atoms with Crippen LogP contribution in [0, 0.1) is 22.7 Å². The first kappa shape index (κ1) is 13.6. The van der Waals surface area contributed by atoms with Gasteiger partial charge in [0.2, 0.25) is 10.0 Å². The molecule has 7 nitrogen and oxygen atoms in total. The molecule has 0 bridgehead atoms. The van der Waals surface area contributed by atoms with E-state index < -0.39 is 10.0 Å². The van der Waals surface area contributed by atoms with E-state index >= 15 is 0 Å². The highest BCUT2D eigenvalue weighted by atomic mass is 32.2. The number of fused-ring (bicyclic) bond motifs is 1. The predicted molar refractivity (Wildman–Crippen MR) is 73.8 cm³/mol. The number of sulfonamides is 1. The molecule has 2 aromatic heterocycles. The van der Waals surface area contributed by atoms with Gasteiger partial charge in [-0.05, 0) is 12.1 Å². The fraction of sp³-hybridized carbons (Fsp3) is 0.0833. The van der Waals surface area contributed by atoms with Crippen molar-refractivity contribution in [1.82, 2.24) is 9.97 Å². The Morgan fingerprint density at radius 3 is 2.75 bits per heavy atom. The van der Waals surface area contributed by atoms with Crippen LogP contribution in [0.3, 0.4) is 0 Å². The summed E-state index contributed by atoms with van der Waals surface area (Å²) >= 11 is 0. The Balaban J connectivity index is 2.68. The van der Waals surface area contributed by atoms with Gasteiger partial charge in [0.25, 0.3) is 0 Å². The monoisotopic (exact) mass is 287 g/mol. The summed E-state index contributed by atoms with van der Waals surface area (Å²) in [6, 6.07) is 5.01. The number of H-pyrrole nitrogens is 1. The normalized spacial score (nSPS) is 10.6. The second-order valence-electron chi connectivity index (χ2n) is 3.98. The SMILES string of the molecule is CS(=O)(=O)Nc1ccnc2[nH]cc(C=C(C#N)C#N)c12. The van der Waals surface area contributed by atoms with Crippen LogP contribution in [0.4, 0.5) is 5.69 Å². The van der Waals surface area contributed by atoms with E-state index in [0.717, 1.165) is 6.26 Å². The molecule has 0 aromatic carbocycles. The van der Waals surface area contributed by atoms with E-state index in [1.807, 2.05) is 0 Å². The van der Waals surface area contributed by atoms with Gasteiger partial charge in [0.1, 0.15) is 23.4 Å². The molecule has 0 aliphatic carbocycles. The minimum absolute atomic E-state index is 0.0833. The second-order valence-corrected chi connectivity index (χ2v) is 5.73. The van der Waals surface area contributed by atoms with Crippen molar-refractivity contribution in [2.24, 2.45) is 0 Å². The molecule has 2 aromatic rings. The first-order chi connectivity index (χ1) is 9.44. The molecule has 0 amide bonds. The molecule has 20 heavy (non-hydrogen) atoms. The maximum atomic E-state index is 11.4. The lowest BCUT2D eigenvalue weighted by Crippen LogP contribution is -2.09. The third-order valence-electron chi connectivity index (χ3n) is 2.44. The highest BCUT2D eigenvalue weighted by molar-refractivity contribution is 7.92. The van der Waals surface area contributed by atoms with Crippen molar-refractivity contribution in [1.29, 1.82) is 10.5 Å². The third kappa shape index (κ3) is 2.76. The zero-order chi connectivity index (χ0) is 14.8. The van der Waals surface area contributed by atoms with Gasteiger partial charge in [0.15, 0.2) is 0 Å². The van der Waals surface area contributed by atoms with E-state index in [-0.39, 0.29) is 5.57 Å². The van der Waals surface area contributed by atoms with Crippen molar-refractivity contribution >= 4 is 32.8 Å². The number of nitriles is 2. The van der Waals surface area contributed by atoms with E-state index in [0.29, 0.717) is 22.3 Å². The number of aromatic nitrogens is 2. The van der Waals surface area contributed by atoms with Crippen molar-refractivity contribution < 1.29 is 8.42 Å². The Morgan fingerprint density at radius 1 is 1.45 bits per heavy atom. The van der Waals surface area contributed by atoms with Crippen molar-refractivity contribution in [3.8, 4) is 12.1 Å². The van der Waals surface area contributed by atoms with Crippen LogP contribution in [0.25, 0.3) is 17.1 Å². The average molecular weight is 287 g/mol. The highest BCUT2D eigenvalue weighted by Crippen LogP contribution is 2.27. The molecule has 2 heterocycles. The molecule has 0 aliphatic heterocycles. The van der Waals surface area contributed by atoms with Crippen LogP contribution in [0.2, 0.25) is 0 Å². The Hall–Kier alpha value is -2.84. The van der Waals surface area contributed by atoms with Crippen LogP contribution in [-0.2, 0) is 10.0 Å². The molecule has 0 saturated heterocycles. The van der Waals surface area contributed by atoms with Crippen LogP contribution in [0.1, 0.15) is 5.56 Å². The van der Waals surface area contributed by atoms with Crippen LogP contribution in [0.15, 0.2) is 24.0 Å². The summed E-state index contributed by atoms with van der Waals surface area (Å²) in [5, 5.41) is 18.0. The fourth-order valence-electron chi connectivity index (χ4n) is 1.73. The number of nitrogens with one attached hydrogen (secondary N) is 2. The average Bonchev–Trinajstić information content (AvgIpc) is 2.78.